The second kappa shape index (κ2) is 8.72. The SMILES string of the molecule is CN=C(NCC(F)F)N(C)Cc1cc(Br)cn1C.I. The van der Waals surface area contributed by atoms with Gasteiger partial charge in [0.05, 0.1) is 13.1 Å². The summed E-state index contributed by atoms with van der Waals surface area (Å²) in [5.74, 6) is 0.452. The molecule has 0 bridgehead atoms. The average molecular weight is 451 g/mol. The second-order valence-corrected chi connectivity index (χ2v) is 4.85. The number of guanidine groups is 1. The molecule has 1 N–H and O–H groups in total. The minimum atomic E-state index is -2.39. The first-order chi connectivity index (χ1) is 8.43. The predicted octanol–water partition coefficient (Wildman–Crippen LogP) is 2.68. The standard InChI is InChI=1S/C11H17BrF2N4.HI/c1-15-11(16-5-10(13)14)18(3)7-9-4-8(12)6-17(9)2;/h4,6,10H,5,7H2,1-3H3,(H,15,16);1H. The lowest BCUT2D eigenvalue weighted by atomic mass is 10.4. The van der Waals surface area contributed by atoms with Crippen molar-refractivity contribution in [3.63, 3.8) is 0 Å². The Labute approximate surface area is 137 Å². The van der Waals surface area contributed by atoms with Crippen molar-refractivity contribution >= 4 is 45.9 Å². The summed E-state index contributed by atoms with van der Waals surface area (Å²) in [5, 5.41) is 2.62. The van der Waals surface area contributed by atoms with Crippen LogP contribution in [0, 0.1) is 0 Å². The van der Waals surface area contributed by atoms with Crippen LogP contribution in [0.2, 0.25) is 0 Å². The Morgan fingerprint density at radius 3 is 2.63 bits per heavy atom. The van der Waals surface area contributed by atoms with Gasteiger partial charge in [0, 0.05) is 37.5 Å². The van der Waals surface area contributed by atoms with Crippen LogP contribution in [0.15, 0.2) is 21.7 Å². The zero-order chi connectivity index (χ0) is 13.7. The van der Waals surface area contributed by atoms with E-state index < -0.39 is 13.0 Å². The van der Waals surface area contributed by atoms with Crippen molar-refractivity contribution in [3.8, 4) is 0 Å². The van der Waals surface area contributed by atoms with Crippen LogP contribution in [-0.4, -0.2) is 42.5 Å². The van der Waals surface area contributed by atoms with E-state index in [1.165, 1.54) is 0 Å². The molecule has 0 aromatic carbocycles. The lowest BCUT2D eigenvalue weighted by Crippen LogP contribution is -2.40. The summed E-state index contributed by atoms with van der Waals surface area (Å²) in [4.78, 5) is 5.77. The molecule has 0 aliphatic heterocycles. The van der Waals surface area contributed by atoms with Crippen molar-refractivity contribution in [2.75, 3.05) is 20.6 Å². The van der Waals surface area contributed by atoms with Gasteiger partial charge < -0.3 is 14.8 Å². The van der Waals surface area contributed by atoms with Crippen molar-refractivity contribution in [1.29, 1.82) is 0 Å². The Morgan fingerprint density at radius 2 is 2.21 bits per heavy atom. The van der Waals surface area contributed by atoms with E-state index in [2.05, 4.69) is 26.2 Å². The number of aliphatic imine (C=N–C) groups is 1. The maximum Gasteiger partial charge on any atom is 0.255 e. The van der Waals surface area contributed by atoms with Crippen molar-refractivity contribution in [2.45, 2.75) is 13.0 Å². The molecule has 8 heteroatoms. The maximum atomic E-state index is 12.1. The largest absolute Gasteiger partial charge is 0.352 e. The molecule has 0 saturated carbocycles. The Balaban J connectivity index is 0.00000324. The number of aryl methyl sites for hydroxylation is 1. The molecule has 0 amide bonds. The van der Waals surface area contributed by atoms with Crippen molar-refractivity contribution < 1.29 is 8.78 Å². The van der Waals surface area contributed by atoms with E-state index >= 15 is 0 Å². The minimum Gasteiger partial charge on any atom is -0.352 e. The van der Waals surface area contributed by atoms with E-state index in [9.17, 15) is 8.78 Å². The van der Waals surface area contributed by atoms with Gasteiger partial charge in [-0.3, -0.25) is 4.99 Å². The molecular weight excluding hydrogens is 433 g/mol. The van der Waals surface area contributed by atoms with Crippen molar-refractivity contribution in [2.24, 2.45) is 12.0 Å². The summed E-state index contributed by atoms with van der Waals surface area (Å²) in [6.45, 7) is 0.193. The van der Waals surface area contributed by atoms with E-state index in [0.717, 1.165) is 10.2 Å². The first-order valence-electron chi connectivity index (χ1n) is 5.44. The highest BCUT2D eigenvalue weighted by atomic mass is 127. The fourth-order valence-electron chi connectivity index (χ4n) is 1.59. The lowest BCUT2D eigenvalue weighted by molar-refractivity contribution is 0.151. The van der Waals surface area contributed by atoms with E-state index in [1.54, 1.807) is 11.9 Å². The zero-order valence-electron chi connectivity index (χ0n) is 11.0. The smallest absolute Gasteiger partial charge is 0.255 e. The molecule has 1 aromatic heterocycles. The molecule has 0 aliphatic carbocycles. The lowest BCUT2D eigenvalue weighted by Gasteiger charge is -2.22. The third-order valence-electron chi connectivity index (χ3n) is 2.46. The van der Waals surface area contributed by atoms with Crippen LogP contribution in [0.5, 0.6) is 0 Å². The Morgan fingerprint density at radius 1 is 1.58 bits per heavy atom. The van der Waals surface area contributed by atoms with Crippen molar-refractivity contribution in [1.82, 2.24) is 14.8 Å². The van der Waals surface area contributed by atoms with Crippen LogP contribution in [0.4, 0.5) is 8.78 Å². The number of halogens is 4. The Hall–Kier alpha value is -0.380. The monoisotopic (exact) mass is 450 g/mol. The summed E-state index contributed by atoms with van der Waals surface area (Å²) in [5.41, 5.74) is 1.06. The van der Waals surface area contributed by atoms with Gasteiger partial charge in [-0.15, -0.1) is 24.0 Å². The third kappa shape index (κ3) is 6.07. The summed E-state index contributed by atoms with van der Waals surface area (Å²) >= 11 is 3.39. The number of hydrogen-bond donors (Lipinski definition) is 1. The molecule has 1 rings (SSSR count). The van der Waals surface area contributed by atoms with Gasteiger partial charge in [0.15, 0.2) is 5.96 Å². The predicted molar refractivity (Wildman–Crippen MR) is 87.4 cm³/mol. The van der Waals surface area contributed by atoms with Gasteiger partial charge in [-0.2, -0.15) is 0 Å². The molecule has 1 heterocycles. The zero-order valence-corrected chi connectivity index (χ0v) is 14.9. The number of hydrogen-bond acceptors (Lipinski definition) is 1. The minimum absolute atomic E-state index is 0. The van der Waals surface area contributed by atoms with Crippen LogP contribution in [0.3, 0.4) is 0 Å². The van der Waals surface area contributed by atoms with Gasteiger partial charge >= 0.3 is 0 Å². The molecule has 1 aromatic rings. The molecule has 19 heavy (non-hydrogen) atoms. The fraction of sp³-hybridized carbons (Fsp3) is 0.545. The van der Waals surface area contributed by atoms with E-state index in [0.29, 0.717) is 12.5 Å². The molecular formula is C11H18BrF2IN4. The molecule has 4 nitrogen and oxygen atoms in total. The normalized spacial score (nSPS) is 11.4. The molecule has 0 saturated heterocycles. The summed E-state index contributed by atoms with van der Waals surface area (Å²) in [7, 11) is 5.32. The first-order valence-corrected chi connectivity index (χ1v) is 6.24. The number of alkyl halides is 2. The molecule has 0 spiro atoms. The van der Waals surface area contributed by atoms with Gasteiger partial charge in [0.2, 0.25) is 0 Å². The molecule has 0 fully saturated rings. The van der Waals surface area contributed by atoms with Gasteiger partial charge in [-0.25, -0.2) is 8.78 Å². The Kier molecular flexibility index (Phi) is 8.55. The molecule has 0 atom stereocenters. The second-order valence-electron chi connectivity index (χ2n) is 3.94. The summed E-state index contributed by atoms with van der Waals surface area (Å²) in [6.07, 6.45) is -0.447. The maximum absolute atomic E-state index is 12.1. The number of aromatic nitrogens is 1. The number of nitrogens with one attached hydrogen (secondary N) is 1. The van der Waals surface area contributed by atoms with Gasteiger partial charge in [0.25, 0.3) is 6.43 Å². The van der Waals surface area contributed by atoms with Crippen LogP contribution in [0.25, 0.3) is 0 Å². The van der Waals surface area contributed by atoms with E-state index in [-0.39, 0.29) is 24.0 Å². The molecule has 0 unspecified atom stereocenters. The molecule has 0 aliphatic rings. The highest BCUT2D eigenvalue weighted by molar-refractivity contribution is 14.0. The van der Waals surface area contributed by atoms with Crippen molar-refractivity contribution in [3.05, 3.63) is 22.4 Å². The average Bonchev–Trinajstić information content (AvgIpc) is 2.57. The summed E-state index contributed by atoms with van der Waals surface area (Å²) < 4.78 is 27.2. The van der Waals surface area contributed by atoms with Crippen LogP contribution in [-0.2, 0) is 13.6 Å². The van der Waals surface area contributed by atoms with Crippen LogP contribution in [0.1, 0.15) is 5.69 Å². The molecule has 0 radical (unpaired) electrons. The first kappa shape index (κ1) is 18.6. The fourth-order valence-corrected chi connectivity index (χ4v) is 2.17. The van der Waals surface area contributed by atoms with Crippen LogP contribution >= 0.6 is 39.9 Å². The highest BCUT2D eigenvalue weighted by Crippen LogP contribution is 2.14. The quantitative estimate of drug-likeness (QED) is 0.434. The highest BCUT2D eigenvalue weighted by Gasteiger charge is 2.11. The summed E-state index contributed by atoms with van der Waals surface area (Å²) in [6, 6.07) is 1.98. The van der Waals surface area contributed by atoms with E-state index in [1.807, 2.05) is 30.9 Å². The Bertz CT molecular complexity index is 423. The van der Waals surface area contributed by atoms with Gasteiger partial charge in [-0.1, -0.05) is 0 Å². The van der Waals surface area contributed by atoms with E-state index in [4.69, 9.17) is 0 Å². The van der Waals surface area contributed by atoms with Gasteiger partial charge in [0.1, 0.15) is 0 Å². The van der Waals surface area contributed by atoms with Crippen LogP contribution < -0.4 is 5.32 Å². The third-order valence-corrected chi connectivity index (χ3v) is 2.90. The number of rotatable bonds is 4. The van der Waals surface area contributed by atoms with Gasteiger partial charge in [-0.05, 0) is 22.0 Å². The topological polar surface area (TPSA) is 32.6 Å². The number of nitrogens with zero attached hydrogens (tertiary/aromatic N) is 3. The molecule has 110 valence electrons.